The first-order chi connectivity index (χ1) is 5.65. The van der Waals surface area contributed by atoms with Crippen molar-refractivity contribution in [2.45, 2.75) is 33.1 Å². The van der Waals surface area contributed by atoms with Crippen molar-refractivity contribution in [1.82, 2.24) is 0 Å². The normalized spacial score (nSPS) is 35.4. The lowest BCUT2D eigenvalue weighted by Gasteiger charge is -2.18. The third kappa shape index (κ3) is 2.10. The minimum Gasteiger partial charge on any atom is -0.330 e. The summed E-state index contributed by atoms with van der Waals surface area (Å²) in [6.07, 6.45) is 3.87. The Morgan fingerprint density at radius 3 is 2.67 bits per heavy atom. The summed E-state index contributed by atoms with van der Waals surface area (Å²) >= 11 is 0. The Hall–Kier alpha value is -0.300. The van der Waals surface area contributed by atoms with Gasteiger partial charge in [0.25, 0.3) is 0 Å². The zero-order valence-corrected chi connectivity index (χ0v) is 8.34. The van der Waals surface area contributed by atoms with Crippen molar-refractivity contribution in [1.29, 1.82) is 0 Å². The number of allylic oxidation sites excluding steroid dienone is 1. The average Bonchev–Trinajstić information content (AvgIpc) is 2.32. The van der Waals surface area contributed by atoms with Crippen molar-refractivity contribution in [3.8, 4) is 0 Å². The van der Waals surface area contributed by atoms with Gasteiger partial charge < -0.3 is 5.73 Å². The Morgan fingerprint density at radius 1 is 1.50 bits per heavy atom. The van der Waals surface area contributed by atoms with Crippen LogP contribution < -0.4 is 5.73 Å². The highest BCUT2D eigenvalue weighted by molar-refractivity contribution is 5.02. The van der Waals surface area contributed by atoms with Crippen molar-refractivity contribution in [3.63, 3.8) is 0 Å². The van der Waals surface area contributed by atoms with Gasteiger partial charge in [-0.2, -0.15) is 0 Å². The molecule has 1 saturated carbocycles. The van der Waals surface area contributed by atoms with Crippen LogP contribution in [0.3, 0.4) is 0 Å². The lowest BCUT2D eigenvalue weighted by molar-refractivity contribution is 0.414. The first-order valence-electron chi connectivity index (χ1n) is 5.00. The molecule has 0 amide bonds. The molecule has 0 aromatic rings. The second-order valence-corrected chi connectivity index (χ2v) is 4.37. The molecule has 0 radical (unpaired) electrons. The molecule has 1 aliphatic carbocycles. The molecule has 0 aromatic heterocycles. The van der Waals surface area contributed by atoms with E-state index in [1.54, 1.807) is 0 Å². The van der Waals surface area contributed by atoms with Crippen LogP contribution in [0.2, 0.25) is 0 Å². The molecule has 1 rings (SSSR count). The van der Waals surface area contributed by atoms with Gasteiger partial charge >= 0.3 is 0 Å². The quantitative estimate of drug-likeness (QED) is 0.642. The van der Waals surface area contributed by atoms with Crippen molar-refractivity contribution in [3.05, 3.63) is 12.2 Å². The fourth-order valence-corrected chi connectivity index (χ4v) is 2.54. The van der Waals surface area contributed by atoms with E-state index in [2.05, 4.69) is 20.4 Å². The molecule has 0 saturated heterocycles. The predicted molar refractivity (Wildman–Crippen MR) is 53.9 cm³/mol. The lowest BCUT2D eigenvalue weighted by atomic mass is 9.88. The molecule has 0 aromatic carbocycles. The second kappa shape index (κ2) is 4.08. The molecule has 0 bridgehead atoms. The van der Waals surface area contributed by atoms with Crippen molar-refractivity contribution < 1.29 is 0 Å². The van der Waals surface area contributed by atoms with Crippen LogP contribution in [-0.4, -0.2) is 6.54 Å². The van der Waals surface area contributed by atoms with E-state index in [4.69, 9.17) is 5.73 Å². The standard InChI is InChI=1S/C11H21N/c1-8(2)11-7-9(3)6-10(11)4-5-12/h9-11H,1,4-7,12H2,2-3H3. The molecule has 3 unspecified atom stereocenters. The zero-order chi connectivity index (χ0) is 9.14. The van der Waals surface area contributed by atoms with E-state index in [0.29, 0.717) is 0 Å². The first kappa shape index (κ1) is 9.79. The van der Waals surface area contributed by atoms with Crippen LogP contribution in [-0.2, 0) is 0 Å². The third-order valence-electron chi connectivity index (χ3n) is 3.10. The van der Waals surface area contributed by atoms with Gasteiger partial charge in [-0.15, -0.1) is 0 Å². The summed E-state index contributed by atoms with van der Waals surface area (Å²) in [5.74, 6) is 2.45. The maximum absolute atomic E-state index is 5.59. The summed E-state index contributed by atoms with van der Waals surface area (Å²) in [5, 5.41) is 0. The first-order valence-corrected chi connectivity index (χ1v) is 5.00. The Bertz CT molecular complexity index is 162. The molecule has 3 atom stereocenters. The molecule has 0 aliphatic heterocycles. The molecule has 1 aliphatic rings. The number of nitrogens with two attached hydrogens (primary N) is 1. The third-order valence-corrected chi connectivity index (χ3v) is 3.10. The summed E-state index contributed by atoms with van der Waals surface area (Å²) in [5.41, 5.74) is 6.95. The van der Waals surface area contributed by atoms with Gasteiger partial charge in [0.05, 0.1) is 0 Å². The summed E-state index contributed by atoms with van der Waals surface area (Å²) in [7, 11) is 0. The van der Waals surface area contributed by atoms with Gasteiger partial charge in [-0.1, -0.05) is 19.1 Å². The Morgan fingerprint density at radius 2 is 2.17 bits per heavy atom. The van der Waals surface area contributed by atoms with Crippen molar-refractivity contribution >= 4 is 0 Å². The summed E-state index contributed by atoms with van der Waals surface area (Å²) < 4.78 is 0. The largest absolute Gasteiger partial charge is 0.330 e. The van der Waals surface area contributed by atoms with Crippen LogP contribution in [0.25, 0.3) is 0 Å². The van der Waals surface area contributed by atoms with Crippen molar-refractivity contribution in [2.24, 2.45) is 23.5 Å². The lowest BCUT2D eigenvalue weighted by Crippen LogP contribution is -2.13. The maximum atomic E-state index is 5.59. The monoisotopic (exact) mass is 167 g/mol. The van der Waals surface area contributed by atoms with Gasteiger partial charge in [-0.05, 0) is 50.5 Å². The minimum atomic E-state index is 0.753. The molecule has 70 valence electrons. The fraction of sp³-hybridized carbons (Fsp3) is 0.818. The summed E-state index contributed by atoms with van der Waals surface area (Å²) in [6.45, 7) is 9.40. The summed E-state index contributed by atoms with van der Waals surface area (Å²) in [6, 6.07) is 0. The van der Waals surface area contributed by atoms with E-state index < -0.39 is 0 Å². The van der Waals surface area contributed by atoms with Gasteiger partial charge in [0.1, 0.15) is 0 Å². The summed E-state index contributed by atoms with van der Waals surface area (Å²) in [4.78, 5) is 0. The number of hydrogen-bond donors (Lipinski definition) is 1. The maximum Gasteiger partial charge on any atom is -0.00744 e. The highest BCUT2D eigenvalue weighted by Gasteiger charge is 2.31. The van der Waals surface area contributed by atoms with E-state index >= 15 is 0 Å². The minimum absolute atomic E-state index is 0.753. The van der Waals surface area contributed by atoms with Gasteiger partial charge in [-0.3, -0.25) is 0 Å². The van der Waals surface area contributed by atoms with Crippen LogP contribution in [0, 0.1) is 17.8 Å². The smallest absolute Gasteiger partial charge is 0.00744 e. The van der Waals surface area contributed by atoms with Gasteiger partial charge in [-0.25, -0.2) is 0 Å². The molecule has 12 heavy (non-hydrogen) atoms. The molecule has 1 nitrogen and oxygen atoms in total. The SMILES string of the molecule is C=C(C)C1CC(C)CC1CCN. The van der Waals surface area contributed by atoms with Crippen LogP contribution in [0.5, 0.6) is 0 Å². The Kier molecular flexibility index (Phi) is 3.33. The second-order valence-electron chi connectivity index (χ2n) is 4.37. The highest BCUT2D eigenvalue weighted by atomic mass is 14.5. The Balaban J connectivity index is 2.53. The molecular weight excluding hydrogens is 146 g/mol. The molecule has 1 fully saturated rings. The predicted octanol–water partition coefficient (Wildman–Crippen LogP) is 2.57. The van der Waals surface area contributed by atoms with Crippen molar-refractivity contribution in [2.75, 3.05) is 6.54 Å². The molecule has 0 heterocycles. The van der Waals surface area contributed by atoms with E-state index in [0.717, 1.165) is 24.3 Å². The number of rotatable bonds is 3. The van der Waals surface area contributed by atoms with E-state index in [1.807, 2.05) is 0 Å². The van der Waals surface area contributed by atoms with E-state index in [-0.39, 0.29) is 0 Å². The van der Waals surface area contributed by atoms with E-state index in [1.165, 1.54) is 24.8 Å². The molecular formula is C11H21N. The molecule has 2 N–H and O–H groups in total. The van der Waals surface area contributed by atoms with Gasteiger partial charge in [0, 0.05) is 0 Å². The number of hydrogen-bond acceptors (Lipinski definition) is 1. The van der Waals surface area contributed by atoms with Crippen LogP contribution in [0.4, 0.5) is 0 Å². The molecule has 0 spiro atoms. The Labute approximate surface area is 76.0 Å². The van der Waals surface area contributed by atoms with Crippen LogP contribution in [0.15, 0.2) is 12.2 Å². The van der Waals surface area contributed by atoms with Gasteiger partial charge in [0.15, 0.2) is 0 Å². The topological polar surface area (TPSA) is 26.0 Å². The highest BCUT2D eigenvalue weighted by Crippen LogP contribution is 2.41. The zero-order valence-electron chi connectivity index (χ0n) is 8.34. The van der Waals surface area contributed by atoms with Crippen LogP contribution >= 0.6 is 0 Å². The van der Waals surface area contributed by atoms with Crippen LogP contribution in [0.1, 0.15) is 33.1 Å². The van der Waals surface area contributed by atoms with E-state index in [9.17, 15) is 0 Å². The molecule has 1 heteroatoms. The van der Waals surface area contributed by atoms with Gasteiger partial charge in [0.2, 0.25) is 0 Å². The average molecular weight is 167 g/mol. The fourth-order valence-electron chi connectivity index (χ4n) is 2.54.